The molecule has 1 N–H and O–H groups in total. The second-order valence-electron chi connectivity index (χ2n) is 6.62. The average Bonchev–Trinajstić information content (AvgIpc) is 3.49. The van der Waals surface area contributed by atoms with Gasteiger partial charge in [-0.05, 0) is 23.6 Å². The van der Waals surface area contributed by atoms with Gasteiger partial charge in [-0.15, -0.1) is 11.3 Å². The topological polar surface area (TPSA) is 91.7 Å². The SMILES string of the molecule is COc1cc(NS(=O)(=O)c2cn(-c3ccccc3)nc2-c2cccs2)cc(OC)c1OC. The summed E-state index contributed by atoms with van der Waals surface area (Å²) in [4.78, 5) is 0.794. The molecule has 0 saturated heterocycles. The Bertz CT molecular complexity index is 1290. The molecule has 0 spiro atoms. The van der Waals surface area contributed by atoms with Gasteiger partial charge in [0.05, 0.1) is 43.8 Å². The number of anilines is 1. The van der Waals surface area contributed by atoms with Crippen molar-refractivity contribution >= 4 is 27.0 Å². The molecule has 10 heteroatoms. The average molecular weight is 472 g/mol. The predicted octanol–water partition coefficient (Wildman–Crippen LogP) is 4.43. The summed E-state index contributed by atoms with van der Waals surface area (Å²) in [7, 11) is 0.410. The molecular weight excluding hydrogens is 450 g/mol. The molecule has 0 aliphatic rings. The summed E-state index contributed by atoms with van der Waals surface area (Å²) in [6.07, 6.45) is 1.50. The number of nitrogens with zero attached hydrogens (tertiary/aromatic N) is 2. The van der Waals surface area contributed by atoms with Crippen LogP contribution in [-0.2, 0) is 10.0 Å². The van der Waals surface area contributed by atoms with Crippen molar-refractivity contribution in [3.8, 4) is 33.5 Å². The van der Waals surface area contributed by atoms with Crippen LogP contribution in [-0.4, -0.2) is 39.5 Å². The van der Waals surface area contributed by atoms with Crippen molar-refractivity contribution in [1.82, 2.24) is 9.78 Å². The number of aromatic nitrogens is 2. The molecule has 4 rings (SSSR count). The van der Waals surface area contributed by atoms with Crippen LogP contribution in [0.5, 0.6) is 17.2 Å². The van der Waals surface area contributed by atoms with E-state index in [1.54, 1.807) is 4.68 Å². The summed E-state index contributed by atoms with van der Waals surface area (Å²) in [6.45, 7) is 0. The third kappa shape index (κ3) is 4.14. The van der Waals surface area contributed by atoms with Gasteiger partial charge in [-0.25, -0.2) is 13.1 Å². The number of ether oxygens (including phenoxy) is 3. The maximum absolute atomic E-state index is 13.4. The summed E-state index contributed by atoms with van der Waals surface area (Å²) in [5.74, 6) is 1.04. The maximum Gasteiger partial charge on any atom is 0.265 e. The molecule has 8 nitrogen and oxygen atoms in total. The van der Waals surface area contributed by atoms with Crippen LogP contribution in [0.25, 0.3) is 16.3 Å². The van der Waals surface area contributed by atoms with Crippen LogP contribution >= 0.6 is 11.3 Å². The van der Waals surface area contributed by atoms with Crippen LogP contribution in [0.2, 0.25) is 0 Å². The minimum absolute atomic E-state index is 0.0533. The Morgan fingerprint density at radius 3 is 2.19 bits per heavy atom. The number of para-hydroxylation sites is 1. The number of hydrogen-bond donors (Lipinski definition) is 1. The Hall–Kier alpha value is -3.50. The zero-order chi connectivity index (χ0) is 22.7. The second kappa shape index (κ2) is 8.93. The first-order chi connectivity index (χ1) is 15.5. The first kappa shape index (κ1) is 21.7. The molecule has 0 atom stereocenters. The maximum atomic E-state index is 13.4. The largest absolute Gasteiger partial charge is 0.493 e. The van der Waals surface area contributed by atoms with E-state index in [0.717, 1.165) is 10.6 Å². The number of methoxy groups -OCH3 is 3. The first-order valence-corrected chi connectivity index (χ1v) is 11.8. The Kier molecular flexibility index (Phi) is 6.06. The van der Waals surface area contributed by atoms with Crippen molar-refractivity contribution in [2.24, 2.45) is 0 Å². The standard InChI is InChI=1S/C22H21N3O5S2/c1-28-17-12-15(13-18(29-2)22(17)30-3)24-32(26,27)20-14-25(16-8-5-4-6-9-16)23-21(20)19-10-7-11-31-19/h4-14,24H,1-3H3. The molecule has 2 heterocycles. The van der Waals surface area contributed by atoms with Gasteiger partial charge in [-0.1, -0.05) is 24.3 Å². The van der Waals surface area contributed by atoms with E-state index < -0.39 is 10.0 Å². The number of thiophene rings is 1. The monoisotopic (exact) mass is 471 g/mol. The summed E-state index contributed by atoms with van der Waals surface area (Å²) >= 11 is 1.41. The summed E-state index contributed by atoms with van der Waals surface area (Å²) in [5, 5.41) is 6.44. The zero-order valence-electron chi connectivity index (χ0n) is 17.6. The lowest BCUT2D eigenvalue weighted by molar-refractivity contribution is 0.325. The minimum Gasteiger partial charge on any atom is -0.493 e. The summed E-state index contributed by atoms with van der Waals surface area (Å²) < 4.78 is 47.0. The third-order valence-corrected chi connectivity index (χ3v) is 6.92. The second-order valence-corrected chi connectivity index (χ2v) is 9.22. The first-order valence-electron chi connectivity index (χ1n) is 9.48. The van der Waals surface area contributed by atoms with Crippen LogP contribution in [0.15, 0.2) is 71.1 Å². The minimum atomic E-state index is -4.01. The molecule has 0 amide bonds. The fourth-order valence-corrected chi connectivity index (χ4v) is 5.17. The van der Waals surface area contributed by atoms with Crippen LogP contribution in [0.4, 0.5) is 5.69 Å². The van der Waals surface area contributed by atoms with E-state index >= 15 is 0 Å². The Labute approximate surface area is 190 Å². The highest BCUT2D eigenvalue weighted by atomic mass is 32.2. The van der Waals surface area contributed by atoms with E-state index in [4.69, 9.17) is 14.2 Å². The lowest BCUT2D eigenvalue weighted by atomic mass is 10.2. The number of benzene rings is 2. The predicted molar refractivity (Wildman–Crippen MR) is 124 cm³/mol. The number of nitrogens with one attached hydrogen (secondary N) is 1. The van der Waals surface area contributed by atoms with Crippen molar-refractivity contribution in [2.45, 2.75) is 4.90 Å². The van der Waals surface area contributed by atoms with Gasteiger partial charge in [-0.2, -0.15) is 5.10 Å². The highest BCUT2D eigenvalue weighted by molar-refractivity contribution is 7.92. The van der Waals surface area contributed by atoms with Crippen LogP contribution in [0.1, 0.15) is 0 Å². The van der Waals surface area contributed by atoms with Crippen molar-refractivity contribution < 1.29 is 22.6 Å². The number of sulfonamides is 1. The lowest BCUT2D eigenvalue weighted by Crippen LogP contribution is -2.13. The quantitative estimate of drug-likeness (QED) is 0.409. The number of hydrogen-bond acceptors (Lipinski definition) is 7. The fraction of sp³-hybridized carbons (Fsp3) is 0.136. The van der Waals surface area contributed by atoms with Crippen LogP contribution < -0.4 is 18.9 Å². The van der Waals surface area contributed by atoms with E-state index in [-0.39, 0.29) is 10.6 Å². The summed E-state index contributed by atoms with van der Waals surface area (Å²) in [6, 6.07) is 16.1. The highest BCUT2D eigenvalue weighted by Gasteiger charge is 2.26. The van der Waals surface area contributed by atoms with E-state index in [2.05, 4.69) is 9.82 Å². The molecule has 0 unspecified atom stereocenters. The van der Waals surface area contributed by atoms with Crippen molar-refractivity contribution in [3.63, 3.8) is 0 Å². The van der Waals surface area contributed by atoms with E-state index in [9.17, 15) is 8.42 Å². The highest BCUT2D eigenvalue weighted by Crippen LogP contribution is 2.41. The van der Waals surface area contributed by atoms with Gasteiger partial charge >= 0.3 is 0 Å². The Morgan fingerprint density at radius 2 is 1.62 bits per heavy atom. The van der Waals surface area contributed by atoms with Crippen molar-refractivity contribution in [1.29, 1.82) is 0 Å². The molecule has 0 fully saturated rings. The molecule has 0 aliphatic carbocycles. The molecule has 32 heavy (non-hydrogen) atoms. The third-order valence-electron chi connectivity index (χ3n) is 4.66. The van der Waals surface area contributed by atoms with E-state index in [0.29, 0.717) is 22.9 Å². The van der Waals surface area contributed by atoms with Gasteiger partial charge < -0.3 is 14.2 Å². The Morgan fingerprint density at radius 1 is 0.938 bits per heavy atom. The summed E-state index contributed by atoms with van der Waals surface area (Å²) in [5.41, 5.74) is 1.38. The molecule has 0 bridgehead atoms. The number of rotatable bonds is 8. The van der Waals surface area contributed by atoms with Gasteiger partial charge in [0.15, 0.2) is 11.5 Å². The zero-order valence-corrected chi connectivity index (χ0v) is 19.2. The Balaban J connectivity index is 1.80. The molecular formula is C22H21N3O5S2. The molecule has 0 aliphatic heterocycles. The molecule has 2 aromatic heterocycles. The smallest absolute Gasteiger partial charge is 0.265 e. The van der Waals surface area contributed by atoms with Gasteiger partial charge in [0.2, 0.25) is 5.75 Å². The molecule has 0 saturated carbocycles. The van der Waals surface area contributed by atoms with Gasteiger partial charge in [-0.3, -0.25) is 4.72 Å². The molecule has 166 valence electrons. The van der Waals surface area contributed by atoms with Gasteiger partial charge in [0, 0.05) is 12.1 Å². The van der Waals surface area contributed by atoms with Crippen molar-refractivity contribution in [2.75, 3.05) is 26.1 Å². The van der Waals surface area contributed by atoms with Crippen molar-refractivity contribution in [3.05, 3.63) is 66.2 Å². The van der Waals surface area contributed by atoms with E-state index in [1.807, 2.05) is 47.8 Å². The van der Waals surface area contributed by atoms with Crippen LogP contribution in [0, 0.1) is 0 Å². The fourth-order valence-electron chi connectivity index (χ4n) is 3.20. The van der Waals surface area contributed by atoms with E-state index in [1.165, 1.54) is 51.0 Å². The van der Waals surface area contributed by atoms with Gasteiger partial charge in [0.25, 0.3) is 10.0 Å². The normalized spacial score (nSPS) is 11.2. The molecule has 0 radical (unpaired) electrons. The van der Waals surface area contributed by atoms with Gasteiger partial charge in [0.1, 0.15) is 10.6 Å². The molecule has 4 aromatic rings. The van der Waals surface area contributed by atoms with Crippen LogP contribution in [0.3, 0.4) is 0 Å². The molecule has 2 aromatic carbocycles. The lowest BCUT2D eigenvalue weighted by Gasteiger charge is -2.15.